The van der Waals surface area contributed by atoms with E-state index in [2.05, 4.69) is 15.6 Å². The van der Waals surface area contributed by atoms with Crippen molar-refractivity contribution in [2.75, 3.05) is 5.32 Å². The third kappa shape index (κ3) is 5.43. The number of carbonyl (C=O) groups is 2. The molecule has 0 aliphatic rings. The standard InChI is InChI=1S/C25H21N3O2S/c29-22(27-23(18-10-4-1-5-11-18)19-12-6-2-7-13-19)16-21-17-31-25(26-21)28-24(30)20-14-8-3-9-15-20/h1-15,17,23H,16H2,(H,27,29)(H,26,28,30). The minimum Gasteiger partial charge on any atom is -0.345 e. The summed E-state index contributed by atoms with van der Waals surface area (Å²) in [6.45, 7) is 0. The fraction of sp³-hybridized carbons (Fsp3) is 0.0800. The molecule has 31 heavy (non-hydrogen) atoms. The number of anilines is 1. The molecule has 6 heteroatoms. The highest BCUT2D eigenvalue weighted by molar-refractivity contribution is 7.14. The molecule has 4 rings (SSSR count). The van der Waals surface area contributed by atoms with Crippen LogP contribution in [0.5, 0.6) is 0 Å². The maximum Gasteiger partial charge on any atom is 0.257 e. The Morgan fingerprint density at radius 3 is 1.94 bits per heavy atom. The highest BCUT2D eigenvalue weighted by atomic mass is 32.1. The normalized spacial score (nSPS) is 10.6. The monoisotopic (exact) mass is 427 g/mol. The van der Waals surface area contributed by atoms with Gasteiger partial charge in [-0.1, -0.05) is 78.9 Å². The van der Waals surface area contributed by atoms with Crippen LogP contribution in [-0.4, -0.2) is 16.8 Å². The first-order valence-electron chi connectivity index (χ1n) is 9.89. The molecule has 0 saturated heterocycles. The van der Waals surface area contributed by atoms with Crippen LogP contribution in [0.3, 0.4) is 0 Å². The van der Waals surface area contributed by atoms with E-state index >= 15 is 0 Å². The van der Waals surface area contributed by atoms with Crippen molar-refractivity contribution in [2.45, 2.75) is 12.5 Å². The number of hydrogen-bond acceptors (Lipinski definition) is 4. The number of nitrogens with one attached hydrogen (secondary N) is 2. The number of rotatable bonds is 7. The first-order chi connectivity index (χ1) is 15.2. The Kier molecular flexibility index (Phi) is 6.50. The minimum absolute atomic E-state index is 0.133. The Morgan fingerprint density at radius 1 is 0.806 bits per heavy atom. The second kappa shape index (κ2) is 9.82. The second-order valence-corrected chi connectivity index (χ2v) is 7.82. The molecule has 2 N–H and O–H groups in total. The number of hydrogen-bond donors (Lipinski definition) is 2. The first-order valence-corrected chi connectivity index (χ1v) is 10.8. The van der Waals surface area contributed by atoms with E-state index in [-0.39, 0.29) is 24.3 Å². The Morgan fingerprint density at radius 2 is 1.35 bits per heavy atom. The average Bonchev–Trinajstić information content (AvgIpc) is 3.25. The molecule has 5 nitrogen and oxygen atoms in total. The van der Waals surface area contributed by atoms with Gasteiger partial charge in [-0.05, 0) is 23.3 Å². The molecule has 0 unspecified atom stereocenters. The largest absolute Gasteiger partial charge is 0.345 e. The van der Waals surface area contributed by atoms with E-state index in [9.17, 15) is 9.59 Å². The summed E-state index contributed by atoms with van der Waals surface area (Å²) in [5, 5.41) is 8.16. The molecule has 3 aromatic carbocycles. The lowest BCUT2D eigenvalue weighted by atomic mass is 9.98. The summed E-state index contributed by atoms with van der Waals surface area (Å²) in [6.07, 6.45) is 0.133. The Labute approximate surface area is 184 Å². The molecule has 0 radical (unpaired) electrons. The zero-order valence-corrected chi connectivity index (χ0v) is 17.5. The smallest absolute Gasteiger partial charge is 0.257 e. The molecular weight excluding hydrogens is 406 g/mol. The number of amides is 2. The molecule has 0 aliphatic carbocycles. The molecule has 0 saturated carbocycles. The van der Waals surface area contributed by atoms with Crippen molar-refractivity contribution in [2.24, 2.45) is 0 Å². The topological polar surface area (TPSA) is 71.1 Å². The van der Waals surface area contributed by atoms with Gasteiger partial charge < -0.3 is 5.32 Å². The van der Waals surface area contributed by atoms with Gasteiger partial charge in [-0.25, -0.2) is 4.98 Å². The molecule has 0 bridgehead atoms. The molecule has 1 aromatic heterocycles. The summed E-state index contributed by atoms with van der Waals surface area (Å²) in [5.41, 5.74) is 3.20. The number of aromatic nitrogens is 1. The highest BCUT2D eigenvalue weighted by Crippen LogP contribution is 2.22. The lowest BCUT2D eigenvalue weighted by molar-refractivity contribution is -0.121. The van der Waals surface area contributed by atoms with E-state index in [0.29, 0.717) is 16.4 Å². The maximum atomic E-state index is 12.8. The molecule has 154 valence electrons. The van der Waals surface area contributed by atoms with E-state index in [4.69, 9.17) is 0 Å². The Balaban J connectivity index is 1.42. The number of thiazole rings is 1. The zero-order chi connectivity index (χ0) is 21.5. The molecule has 0 aliphatic heterocycles. The van der Waals surface area contributed by atoms with E-state index < -0.39 is 0 Å². The van der Waals surface area contributed by atoms with Gasteiger partial charge in [-0.2, -0.15) is 0 Å². The SMILES string of the molecule is O=C(Cc1csc(NC(=O)c2ccccc2)n1)NC(c1ccccc1)c1ccccc1. The molecule has 0 fully saturated rings. The summed E-state index contributed by atoms with van der Waals surface area (Å²) in [6, 6.07) is 28.4. The van der Waals surface area contributed by atoms with Crippen LogP contribution < -0.4 is 10.6 Å². The number of carbonyl (C=O) groups excluding carboxylic acids is 2. The van der Waals surface area contributed by atoms with Crippen molar-refractivity contribution in [3.8, 4) is 0 Å². The summed E-state index contributed by atoms with van der Waals surface area (Å²) in [7, 11) is 0. The van der Waals surface area contributed by atoms with Gasteiger partial charge >= 0.3 is 0 Å². The minimum atomic E-state index is -0.245. The molecule has 2 amide bonds. The van der Waals surface area contributed by atoms with Gasteiger partial charge in [0, 0.05) is 10.9 Å². The van der Waals surface area contributed by atoms with Crippen LogP contribution in [0.15, 0.2) is 96.4 Å². The summed E-state index contributed by atoms with van der Waals surface area (Å²) in [5.74, 6) is -0.358. The summed E-state index contributed by atoms with van der Waals surface area (Å²) < 4.78 is 0. The third-order valence-corrected chi connectivity index (χ3v) is 5.53. The average molecular weight is 428 g/mol. The van der Waals surface area contributed by atoms with Gasteiger partial charge in [0.15, 0.2) is 5.13 Å². The van der Waals surface area contributed by atoms with Crippen molar-refractivity contribution in [1.29, 1.82) is 0 Å². The molecule has 4 aromatic rings. The molecule has 0 spiro atoms. The van der Waals surface area contributed by atoms with Gasteiger partial charge in [0.25, 0.3) is 5.91 Å². The third-order valence-electron chi connectivity index (χ3n) is 4.72. The van der Waals surface area contributed by atoms with Gasteiger partial charge in [-0.3, -0.25) is 14.9 Å². The van der Waals surface area contributed by atoms with Crippen LogP contribution in [0.4, 0.5) is 5.13 Å². The zero-order valence-electron chi connectivity index (χ0n) is 16.7. The van der Waals surface area contributed by atoms with Crippen LogP contribution in [0, 0.1) is 0 Å². The van der Waals surface area contributed by atoms with Crippen LogP contribution in [0.1, 0.15) is 33.2 Å². The predicted molar refractivity (Wildman–Crippen MR) is 123 cm³/mol. The van der Waals surface area contributed by atoms with Crippen LogP contribution in [0.2, 0.25) is 0 Å². The van der Waals surface area contributed by atoms with Gasteiger partial charge in [0.05, 0.1) is 18.2 Å². The van der Waals surface area contributed by atoms with Gasteiger partial charge in [-0.15, -0.1) is 11.3 Å². The van der Waals surface area contributed by atoms with Gasteiger partial charge in [0.1, 0.15) is 0 Å². The number of benzene rings is 3. The van der Waals surface area contributed by atoms with E-state index in [0.717, 1.165) is 11.1 Å². The van der Waals surface area contributed by atoms with Crippen LogP contribution >= 0.6 is 11.3 Å². The molecule has 1 heterocycles. The number of nitrogens with zero attached hydrogens (tertiary/aromatic N) is 1. The summed E-state index contributed by atoms with van der Waals surface area (Å²) >= 11 is 1.30. The Hall–Kier alpha value is -3.77. The highest BCUT2D eigenvalue weighted by Gasteiger charge is 2.18. The van der Waals surface area contributed by atoms with Crippen molar-refractivity contribution in [3.05, 3.63) is 119 Å². The van der Waals surface area contributed by atoms with Crippen LogP contribution in [-0.2, 0) is 11.2 Å². The van der Waals surface area contributed by atoms with E-state index in [1.807, 2.05) is 78.9 Å². The fourth-order valence-corrected chi connectivity index (χ4v) is 3.94. The maximum absolute atomic E-state index is 12.8. The van der Waals surface area contributed by atoms with Crippen molar-refractivity contribution >= 4 is 28.3 Å². The molecule has 0 atom stereocenters. The fourth-order valence-electron chi connectivity index (χ4n) is 3.23. The Bertz CT molecular complexity index is 1110. The summed E-state index contributed by atoms with van der Waals surface area (Å²) in [4.78, 5) is 29.5. The second-order valence-electron chi connectivity index (χ2n) is 6.96. The van der Waals surface area contributed by atoms with Crippen LogP contribution in [0.25, 0.3) is 0 Å². The quantitative estimate of drug-likeness (QED) is 0.443. The van der Waals surface area contributed by atoms with Gasteiger partial charge in [0.2, 0.25) is 5.91 Å². The first kappa shape index (κ1) is 20.5. The van der Waals surface area contributed by atoms with Crippen molar-refractivity contribution < 1.29 is 9.59 Å². The molecular formula is C25H21N3O2S. The lowest BCUT2D eigenvalue weighted by Crippen LogP contribution is -2.30. The van der Waals surface area contributed by atoms with E-state index in [1.54, 1.807) is 17.5 Å². The van der Waals surface area contributed by atoms with Crippen molar-refractivity contribution in [1.82, 2.24) is 10.3 Å². The van der Waals surface area contributed by atoms with E-state index in [1.165, 1.54) is 11.3 Å². The van der Waals surface area contributed by atoms with Crippen molar-refractivity contribution in [3.63, 3.8) is 0 Å². The predicted octanol–water partition coefficient (Wildman–Crippen LogP) is 4.84. The lowest BCUT2D eigenvalue weighted by Gasteiger charge is -2.19.